The Balaban J connectivity index is 4.14. The van der Waals surface area contributed by atoms with E-state index in [0.717, 1.165) is 31.9 Å². The average molecular weight is 321 g/mol. The molecule has 0 rings (SSSR count). The molecule has 0 radical (unpaired) electrons. The zero-order chi connectivity index (χ0) is 16.5. The number of carbonyl (C=O) groups is 1. The zero-order valence-corrected chi connectivity index (χ0v) is 14.6. The minimum absolute atomic E-state index is 0.0449. The second-order valence-electron chi connectivity index (χ2n) is 6.31. The van der Waals surface area contributed by atoms with Crippen LogP contribution < -0.4 is 15.8 Å². The second kappa shape index (κ2) is 9.38. The van der Waals surface area contributed by atoms with E-state index in [2.05, 4.69) is 17.0 Å². The minimum Gasteiger partial charge on any atom is -0.354 e. The number of amides is 1. The Morgan fingerprint density at radius 1 is 1.24 bits per heavy atom. The van der Waals surface area contributed by atoms with Gasteiger partial charge in [0.2, 0.25) is 15.9 Å². The Hall–Kier alpha value is -0.660. The Kier molecular flexibility index (Phi) is 9.08. The number of sulfonamides is 1. The molecule has 0 bridgehead atoms. The third kappa shape index (κ3) is 11.7. The third-order valence-electron chi connectivity index (χ3n) is 3.24. The van der Waals surface area contributed by atoms with Crippen LogP contribution in [0.15, 0.2) is 0 Å². The van der Waals surface area contributed by atoms with Crippen molar-refractivity contribution in [2.24, 2.45) is 11.7 Å². The van der Waals surface area contributed by atoms with E-state index in [1.807, 2.05) is 0 Å². The van der Waals surface area contributed by atoms with E-state index in [1.165, 1.54) is 0 Å². The van der Waals surface area contributed by atoms with Gasteiger partial charge in [0.1, 0.15) is 0 Å². The molecule has 0 aromatic heterocycles. The van der Waals surface area contributed by atoms with E-state index in [0.29, 0.717) is 18.9 Å². The van der Waals surface area contributed by atoms with Gasteiger partial charge in [0.25, 0.3) is 0 Å². The lowest BCUT2D eigenvalue weighted by Gasteiger charge is -2.25. The maximum absolute atomic E-state index is 11.8. The molecule has 1 unspecified atom stereocenters. The number of nitrogens with two attached hydrogens (primary N) is 1. The van der Waals surface area contributed by atoms with E-state index >= 15 is 0 Å². The van der Waals surface area contributed by atoms with Crippen molar-refractivity contribution in [1.82, 2.24) is 10.0 Å². The predicted molar refractivity (Wildman–Crippen MR) is 86.4 cm³/mol. The smallest absolute Gasteiger partial charge is 0.220 e. The Bertz CT molecular complexity index is 402. The Labute approximate surface area is 129 Å². The summed E-state index contributed by atoms with van der Waals surface area (Å²) in [4.78, 5) is 11.8. The molecule has 0 aromatic rings. The van der Waals surface area contributed by atoms with Gasteiger partial charge in [0.15, 0.2) is 0 Å². The largest absolute Gasteiger partial charge is 0.354 e. The maximum atomic E-state index is 11.8. The first kappa shape index (κ1) is 20.3. The molecule has 6 nitrogen and oxygen atoms in total. The molecule has 0 aliphatic carbocycles. The fourth-order valence-electron chi connectivity index (χ4n) is 2.36. The van der Waals surface area contributed by atoms with Gasteiger partial charge in [-0.3, -0.25) is 4.79 Å². The van der Waals surface area contributed by atoms with Gasteiger partial charge in [-0.25, -0.2) is 13.1 Å². The molecular formula is C14H31N3O3S. The van der Waals surface area contributed by atoms with E-state index in [4.69, 9.17) is 5.73 Å². The van der Waals surface area contributed by atoms with Crippen LogP contribution in [0.4, 0.5) is 0 Å². The Morgan fingerprint density at radius 2 is 1.86 bits per heavy atom. The van der Waals surface area contributed by atoms with Crippen molar-refractivity contribution < 1.29 is 13.2 Å². The monoisotopic (exact) mass is 321 g/mol. The molecule has 0 saturated heterocycles. The summed E-state index contributed by atoms with van der Waals surface area (Å²) in [6, 6.07) is 0. The molecule has 0 aliphatic heterocycles. The van der Waals surface area contributed by atoms with Crippen molar-refractivity contribution in [3.8, 4) is 0 Å². The highest BCUT2D eigenvalue weighted by Gasteiger charge is 2.22. The number of hydrogen-bond donors (Lipinski definition) is 3. The quantitative estimate of drug-likeness (QED) is 0.528. The summed E-state index contributed by atoms with van der Waals surface area (Å²) in [5, 5.41) is 2.79. The number of rotatable bonds is 11. The molecule has 21 heavy (non-hydrogen) atoms. The standard InChI is InChI=1S/C14H31N3O3S/c1-5-6-12(9-10-15)7-8-13(18)16-11-14(2,3)17-21(4,19)20/h12,17H,5-11,15H2,1-4H3,(H,16,18). The van der Waals surface area contributed by atoms with Gasteiger partial charge in [-0.2, -0.15) is 0 Å². The van der Waals surface area contributed by atoms with Crippen molar-refractivity contribution in [2.45, 2.75) is 58.4 Å². The number of carbonyl (C=O) groups excluding carboxylic acids is 1. The highest BCUT2D eigenvalue weighted by Crippen LogP contribution is 2.16. The van der Waals surface area contributed by atoms with Crippen LogP contribution in [0.3, 0.4) is 0 Å². The van der Waals surface area contributed by atoms with Crippen LogP contribution in [-0.4, -0.2) is 39.2 Å². The molecule has 0 saturated carbocycles. The topological polar surface area (TPSA) is 101 Å². The summed E-state index contributed by atoms with van der Waals surface area (Å²) in [5.74, 6) is 0.449. The molecule has 1 amide bonds. The third-order valence-corrected chi connectivity index (χ3v) is 4.16. The number of nitrogens with one attached hydrogen (secondary N) is 2. The fraction of sp³-hybridized carbons (Fsp3) is 0.929. The maximum Gasteiger partial charge on any atom is 0.220 e. The van der Waals surface area contributed by atoms with Crippen molar-refractivity contribution in [3.63, 3.8) is 0 Å². The van der Waals surface area contributed by atoms with Gasteiger partial charge in [-0.05, 0) is 39.2 Å². The number of hydrogen-bond acceptors (Lipinski definition) is 4. The molecule has 1 atom stereocenters. The van der Waals surface area contributed by atoms with Crippen molar-refractivity contribution in [1.29, 1.82) is 0 Å². The fourth-order valence-corrected chi connectivity index (χ4v) is 3.43. The second-order valence-corrected chi connectivity index (χ2v) is 8.05. The lowest BCUT2D eigenvalue weighted by atomic mass is 9.94. The highest BCUT2D eigenvalue weighted by atomic mass is 32.2. The van der Waals surface area contributed by atoms with Gasteiger partial charge >= 0.3 is 0 Å². The summed E-state index contributed by atoms with van der Waals surface area (Å²) in [6.07, 6.45) is 5.53. The average Bonchev–Trinajstić information content (AvgIpc) is 2.31. The first-order valence-electron chi connectivity index (χ1n) is 7.55. The SMILES string of the molecule is CCCC(CCN)CCC(=O)NCC(C)(C)NS(C)(=O)=O. The molecular weight excluding hydrogens is 290 g/mol. The molecule has 0 fully saturated rings. The molecule has 0 aromatic carbocycles. The van der Waals surface area contributed by atoms with E-state index < -0.39 is 15.6 Å². The van der Waals surface area contributed by atoms with Crippen molar-refractivity contribution in [2.75, 3.05) is 19.3 Å². The normalized spacial score (nSPS) is 14.0. The van der Waals surface area contributed by atoms with Crippen LogP contribution in [0.1, 0.15) is 52.9 Å². The van der Waals surface area contributed by atoms with Gasteiger partial charge in [0, 0.05) is 18.5 Å². The highest BCUT2D eigenvalue weighted by molar-refractivity contribution is 7.88. The van der Waals surface area contributed by atoms with Crippen molar-refractivity contribution >= 4 is 15.9 Å². The van der Waals surface area contributed by atoms with E-state index in [-0.39, 0.29) is 12.5 Å². The van der Waals surface area contributed by atoms with Gasteiger partial charge in [-0.1, -0.05) is 19.8 Å². The summed E-state index contributed by atoms with van der Waals surface area (Å²) < 4.78 is 24.9. The predicted octanol–water partition coefficient (Wildman–Crippen LogP) is 0.976. The molecule has 0 heterocycles. The zero-order valence-electron chi connectivity index (χ0n) is 13.7. The molecule has 0 aliphatic rings. The van der Waals surface area contributed by atoms with Crippen LogP contribution in [-0.2, 0) is 14.8 Å². The summed E-state index contributed by atoms with van der Waals surface area (Å²) in [7, 11) is -3.29. The van der Waals surface area contributed by atoms with Crippen LogP contribution in [0, 0.1) is 5.92 Å². The lowest BCUT2D eigenvalue weighted by Crippen LogP contribution is -2.51. The minimum atomic E-state index is -3.29. The van der Waals surface area contributed by atoms with Gasteiger partial charge < -0.3 is 11.1 Å². The Morgan fingerprint density at radius 3 is 2.33 bits per heavy atom. The molecule has 0 spiro atoms. The first-order valence-corrected chi connectivity index (χ1v) is 9.44. The van der Waals surface area contributed by atoms with E-state index in [1.54, 1.807) is 13.8 Å². The van der Waals surface area contributed by atoms with Crippen LogP contribution in [0.2, 0.25) is 0 Å². The van der Waals surface area contributed by atoms with Crippen molar-refractivity contribution in [3.05, 3.63) is 0 Å². The molecule has 7 heteroatoms. The first-order chi connectivity index (χ1) is 9.59. The van der Waals surface area contributed by atoms with Crippen LogP contribution in [0.25, 0.3) is 0 Å². The van der Waals surface area contributed by atoms with Crippen LogP contribution in [0.5, 0.6) is 0 Å². The van der Waals surface area contributed by atoms with Crippen LogP contribution >= 0.6 is 0 Å². The van der Waals surface area contributed by atoms with Gasteiger partial charge in [0.05, 0.1) is 6.26 Å². The summed E-state index contributed by atoms with van der Waals surface area (Å²) >= 11 is 0. The summed E-state index contributed by atoms with van der Waals surface area (Å²) in [6.45, 7) is 6.53. The molecule has 126 valence electrons. The molecule has 4 N–H and O–H groups in total. The van der Waals surface area contributed by atoms with E-state index in [9.17, 15) is 13.2 Å². The lowest BCUT2D eigenvalue weighted by molar-refractivity contribution is -0.121. The summed E-state index contributed by atoms with van der Waals surface area (Å²) in [5.41, 5.74) is 4.88. The van der Waals surface area contributed by atoms with Gasteiger partial charge in [-0.15, -0.1) is 0 Å².